The van der Waals surface area contributed by atoms with Gasteiger partial charge in [-0.2, -0.15) is 0 Å². The van der Waals surface area contributed by atoms with E-state index in [1.807, 2.05) is 36.2 Å². The molecule has 1 aliphatic rings. The molecule has 0 saturated carbocycles. The third-order valence-corrected chi connectivity index (χ3v) is 3.09. The molecular weight excluding hydrogens is 228 g/mol. The average molecular weight is 242 g/mol. The van der Waals surface area contributed by atoms with Gasteiger partial charge in [-0.3, -0.25) is 4.98 Å². The third kappa shape index (κ3) is 1.77. The minimum atomic E-state index is 0.400. The van der Waals surface area contributed by atoms with E-state index in [1.165, 1.54) is 0 Å². The molecule has 0 fully saturated rings. The van der Waals surface area contributed by atoms with Gasteiger partial charge in [0.1, 0.15) is 12.0 Å². The summed E-state index contributed by atoms with van der Waals surface area (Å²) in [6, 6.07) is 5.90. The molecule has 0 N–H and O–H groups in total. The Kier molecular flexibility index (Phi) is 2.59. The molecule has 0 saturated heterocycles. The van der Waals surface area contributed by atoms with Gasteiger partial charge in [-0.05, 0) is 19.1 Å². The van der Waals surface area contributed by atoms with Crippen LogP contribution in [0.25, 0.3) is 11.4 Å². The lowest BCUT2D eigenvalue weighted by Gasteiger charge is -2.10. The van der Waals surface area contributed by atoms with E-state index in [-0.39, 0.29) is 0 Å². The lowest BCUT2D eigenvalue weighted by molar-refractivity contribution is -0.106. The number of anilines is 1. The molecule has 0 atom stereocenters. The van der Waals surface area contributed by atoms with Crippen molar-refractivity contribution in [2.75, 3.05) is 18.0 Å². The van der Waals surface area contributed by atoms with Gasteiger partial charge in [-0.15, -0.1) is 0 Å². The molecule has 5 nitrogen and oxygen atoms in total. The van der Waals surface area contributed by atoms with E-state index in [4.69, 9.17) is 0 Å². The van der Waals surface area contributed by atoms with Gasteiger partial charge in [0.25, 0.3) is 0 Å². The van der Waals surface area contributed by atoms with Crippen molar-refractivity contribution in [3.8, 4) is 11.4 Å². The van der Waals surface area contributed by atoms with Crippen LogP contribution < -0.4 is 4.90 Å². The molecule has 18 heavy (non-hydrogen) atoms. The van der Waals surface area contributed by atoms with Gasteiger partial charge in [0.2, 0.25) is 5.95 Å². The molecule has 0 spiro atoms. The maximum Gasteiger partial charge on any atom is 0.206 e. The Morgan fingerprint density at radius 3 is 2.94 bits per heavy atom. The summed E-state index contributed by atoms with van der Waals surface area (Å²) in [6.45, 7) is 4.09. The van der Waals surface area contributed by atoms with Crippen LogP contribution in [0.15, 0.2) is 24.4 Å². The first-order valence-electron chi connectivity index (χ1n) is 5.98. The van der Waals surface area contributed by atoms with Crippen molar-refractivity contribution in [2.45, 2.75) is 13.5 Å². The third-order valence-electron chi connectivity index (χ3n) is 3.09. The molecule has 0 bridgehead atoms. The summed E-state index contributed by atoms with van der Waals surface area (Å²) in [7, 11) is 0. The first-order chi connectivity index (χ1) is 8.78. The van der Waals surface area contributed by atoms with Crippen molar-refractivity contribution in [1.29, 1.82) is 0 Å². The molecule has 3 rings (SSSR count). The van der Waals surface area contributed by atoms with Crippen LogP contribution in [0.4, 0.5) is 5.95 Å². The number of pyridine rings is 1. The Labute approximate surface area is 105 Å². The van der Waals surface area contributed by atoms with Crippen molar-refractivity contribution in [3.05, 3.63) is 30.1 Å². The van der Waals surface area contributed by atoms with Gasteiger partial charge in [0.05, 0.1) is 12.2 Å². The van der Waals surface area contributed by atoms with Crippen LogP contribution in [0, 0.1) is 6.92 Å². The van der Waals surface area contributed by atoms with Crippen molar-refractivity contribution in [1.82, 2.24) is 14.5 Å². The Balaban J connectivity index is 1.97. The lowest BCUT2D eigenvalue weighted by atomic mass is 10.2. The Bertz CT molecular complexity index is 590. The first-order valence-corrected chi connectivity index (χ1v) is 5.98. The minimum absolute atomic E-state index is 0.400. The number of aldehydes is 1. The van der Waals surface area contributed by atoms with Gasteiger partial charge < -0.3 is 14.3 Å². The normalized spacial score (nSPS) is 13.7. The van der Waals surface area contributed by atoms with Crippen LogP contribution in [0.2, 0.25) is 0 Å². The van der Waals surface area contributed by atoms with Crippen LogP contribution >= 0.6 is 0 Å². The topological polar surface area (TPSA) is 51.0 Å². The molecule has 0 unspecified atom stereocenters. The number of carbonyl (C=O) groups is 1. The quantitative estimate of drug-likeness (QED) is 0.761. The number of hydrogen-bond acceptors (Lipinski definition) is 4. The zero-order valence-electron chi connectivity index (χ0n) is 10.2. The largest absolute Gasteiger partial charge is 0.333 e. The van der Waals surface area contributed by atoms with Crippen molar-refractivity contribution in [2.24, 2.45) is 0 Å². The zero-order chi connectivity index (χ0) is 12.5. The summed E-state index contributed by atoms with van der Waals surface area (Å²) in [6.07, 6.45) is 2.91. The number of aryl methyl sites for hydroxylation is 1. The van der Waals surface area contributed by atoms with Crippen LogP contribution in [-0.2, 0) is 11.3 Å². The smallest absolute Gasteiger partial charge is 0.206 e. The van der Waals surface area contributed by atoms with Crippen molar-refractivity contribution < 1.29 is 4.79 Å². The van der Waals surface area contributed by atoms with E-state index < -0.39 is 0 Å². The Morgan fingerprint density at radius 1 is 1.28 bits per heavy atom. The molecule has 0 radical (unpaired) electrons. The minimum Gasteiger partial charge on any atom is -0.333 e. The van der Waals surface area contributed by atoms with E-state index in [9.17, 15) is 4.79 Å². The van der Waals surface area contributed by atoms with Crippen LogP contribution in [0.1, 0.15) is 5.69 Å². The first kappa shape index (κ1) is 11.0. The van der Waals surface area contributed by atoms with Gasteiger partial charge in [0, 0.05) is 25.0 Å². The van der Waals surface area contributed by atoms with Crippen molar-refractivity contribution in [3.63, 3.8) is 0 Å². The summed E-state index contributed by atoms with van der Waals surface area (Å²) in [5.74, 6) is 0.861. The summed E-state index contributed by atoms with van der Waals surface area (Å²) >= 11 is 0. The molecular formula is C13H14N4O. The molecule has 92 valence electrons. The molecule has 0 aliphatic carbocycles. The average Bonchev–Trinajstić information content (AvgIpc) is 2.92. The Morgan fingerprint density at radius 2 is 2.17 bits per heavy atom. The summed E-state index contributed by atoms with van der Waals surface area (Å²) in [5.41, 5.74) is 2.72. The summed E-state index contributed by atoms with van der Waals surface area (Å²) < 4.78 is 2.07. The number of fused-ring (bicyclic) bond motifs is 1. The number of nitrogens with zero attached hydrogens (tertiary/aromatic N) is 4. The van der Waals surface area contributed by atoms with Crippen LogP contribution in [0.5, 0.6) is 0 Å². The molecule has 5 heteroatoms. The van der Waals surface area contributed by atoms with Crippen LogP contribution in [-0.4, -0.2) is 33.9 Å². The van der Waals surface area contributed by atoms with E-state index in [1.54, 1.807) is 0 Å². The van der Waals surface area contributed by atoms with E-state index in [0.29, 0.717) is 6.54 Å². The number of aromatic nitrogens is 3. The predicted octanol–water partition coefficient (Wildman–Crippen LogP) is 1.27. The standard InChI is InChI=1S/C13H14N4O/c1-10-3-2-4-11(14-10)12-9-17-6-5-16(7-8-18)13(17)15-12/h2-4,8-9H,5-7H2,1H3. The van der Waals surface area contributed by atoms with E-state index in [0.717, 1.165) is 42.4 Å². The highest BCUT2D eigenvalue weighted by atomic mass is 16.1. The highest BCUT2D eigenvalue weighted by Crippen LogP contribution is 2.25. The number of rotatable bonds is 3. The van der Waals surface area contributed by atoms with E-state index in [2.05, 4.69) is 14.5 Å². The molecule has 2 aromatic rings. The van der Waals surface area contributed by atoms with Gasteiger partial charge in [-0.25, -0.2) is 4.98 Å². The summed E-state index contributed by atoms with van der Waals surface area (Å²) in [4.78, 5) is 21.6. The van der Waals surface area contributed by atoms with Crippen LogP contribution in [0.3, 0.4) is 0 Å². The molecule has 0 aromatic carbocycles. The molecule has 0 amide bonds. The van der Waals surface area contributed by atoms with Gasteiger partial charge >= 0.3 is 0 Å². The maximum absolute atomic E-state index is 10.6. The number of carbonyl (C=O) groups excluding carboxylic acids is 1. The number of hydrogen-bond donors (Lipinski definition) is 0. The monoisotopic (exact) mass is 242 g/mol. The summed E-state index contributed by atoms with van der Waals surface area (Å²) in [5, 5.41) is 0. The maximum atomic E-state index is 10.6. The zero-order valence-corrected chi connectivity index (χ0v) is 10.2. The highest BCUT2D eigenvalue weighted by molar-refractivity contribution is 5.62. The predicted molar refractivity (Wildman–Crippen MR) is 68.5 cm³/mol. The second kappa shape index (κ2) is 4.25. The van der Waals surface area contributed by atoms with Gasteiger partial charge in [-0.1, -0.05) is 6.07 Å². The van der Waals surface area contributed by atoms with E-state index >= 15 is 0 Å². The molecule has 2 aromatic heterocycles. The highest BCUT2D eigenvalue weighted by Gasteiger charge is 2.22. The fourth-order valence-corrected chi connectivity index (χ4v) is 2.22. The van der Waals surface area contributed by atoms with Crippen molar-refractivity contribution >= 4 is 12.2 Å². The van der Waals surface area contributed by atoms with Gasteiger partial charge in [0.15, 0.2) is 0 Å². The fourth-order valence-electron chi connectivity index (χ4n) is 2.22. The Hall–Kier alpha value is -2.17. The lowest BCUT2D eigenvalue weighted by Crippen LogP contribution is -2.23. The molecule has 1 aliphatic heterocycles. The SMILES string of the molecule is Cc1cccc(-c2cn3c(n2)N(CC=O)CC3)n1. The fraction of sp³-hybridized carbons (Fsp3) is 0.308. The second-order valence-electron chi connectivity index (χ2n) is 4.40. The number of imidazole rings is 1. The molecule has 3 heterocycles. The second-order valence-corrected chi connectivity index (χ2v) is 4.40.